The predicted octanol–water partition coefficient (Wildman–Crippen LogP) is -0.204. The lowest BCUT2D eigenvalue weighted by molar-refractivity contribution is 0.319. The van der Waals surface area contributed by atoms with Gasteiger partial charge >= 0.3 is 0 Å². The second-order valence-electron chi connectivity index (χ2n) is 3.86. The van der Waals surface area contributed by atoms with Gasteiger partial charge in [0.2, 0.25) is 0 Å². The van der Waals surface area contributed by atoms with Crippen molar-refractivity contribution in [1.29, 1.82) is 0 Å². The van der Waals surface area contributed by atoms with Crippen molar-refractivity contribution in [2.75, 3.05) is 36.5 Å². The lowest BCUT2D eigenvalue weighted by Crippen LogP contribution is -2.12. The Hall–Kier alpha value is -1.31. The van der Waals surface area contributed by atoms with Crippen LogP contribution in [-0.2, 0) is 9.84 Å². The molecule has 0 radical (unpaired) electrons. The van der Waals surface area contributed by atoms with Crippen LogP contribution in [0.5, 0.6) is 0 Å². The van der Waals surface area contributed by atoms with E-state index in [-0.39, 0.29) is 10.6 Å². The van der Waals surface area contributed by atoms with Gasteiger partial charge in [0.05, 0.1) is 28.6 Å². The van der Waals surface area contributed by atoms with Gasteiger partial charge < -0.3 is 21.9 Å². The van der Waals surface area contributed by atoms with Gasteiger partial charge in [-0.3, -0.25) is 0 Å². The van der Waals surface area contributed by atoms with E-state index in [9.17, 15) is 8.42 Å². The van der Waals surface area contributed by atoms with E-state index in [0.29, 0.717) is 24.5 Å². The summed E-state index contributed by atoms with van der Waals surface area (Å²) in [5, 5.41) is 11.8. The molecule has 1 rings (SSSR count). The molecule has 0 saturated carbocycles. The SMILES string of the molecule is NCCCNc1ccc(S(=O)(=O)CCO)cc1N. The van der Waals surface area contributed by atoms with E-state index in [2.05, 4.69) is 5.32 Å². The number of hydrogen-bond donors (Lipinski definition) is 4. The van der Waals surface area contributed by atoms with Crippen molar-refractivity contribution in [3.8, 4) is 0 Å². The number of nitrogens with two attached hydrogens (primary N) is 2. The van der Waals surface area contributed by atoms with Crippen molar-refractivity contribution in [3.63, 3.8) is 0 Å². The Morgan fingerprint density at radius 2 is 2.06 bits per heavy atom. The van der Waals surface area contributed by atoms with Crippen molar-refractivity contribution in [1.82, 2.24) is 0 Å². The fourth-order valence-electron chi connectivity index (χ4n) is 1.46. The van der Waals surface area contributed by atoms with Crippen LogP contribution in [0.2, 0.25) is 0 Å². The third-order valence-corrected chi connectivity index (χ3v) is 4.13. The van der Waals surface area contributed by atoms with Gasteiger partial charge in [-0.05, 0) is 31.2 Å². The van der Waals surface area contributed by atoms with E-state index in [1.807, 2.05) is 0 Å². The number of benzene rings is 1. The summed E-state index contributed by atoms with van der Waals surface area (Å²) in [4.78, 5) is 0.124. The summed E-state index contributed by atoms with van der Waals surface area (Å²) in [6.07, 6.45) is 0.810. The number of aliphatic hydroxyl groups excluding tert-OH is 1. The van der Waals surface area contributed by atoms with Crippen molar-refractivity contribution >= 4 is 21.2 Å². The lowest BCUT2D eigenvalue weighted by atomic mass is 10.2. The average molecular weight is 273 g/mol. The number of nitrogen functional groups attached to an aromatic ring is 1. The van der Waals surface area contributed by atoms with Crippen LogP contribution in [0.1, 0.15) is 6.42 Å². The molecule has 0 spiro atoms. The number of nitrogens with one attached hydrogen (secondary N) is 1. The highest BCUT2D eigenvalue weighted by atomic mass is 32.2. The van der Waals surface area contributed by atoms with Crippen LogP contribution >= 0.6 is 0 Å². The molecule has 0 heterocycles. The van der Waals surface area contributed by atoms with Crippen LogP contribution in [0.4, 0.5) is 11.4 Å². The van der Waals surface area contributed by atoms with E-state index in [1.165, 1.54) is 12.1 Å². The molecule has 1 aromatic carbocycles. The summed E-state index contributed by atoms with van der Waals surface area (Å²) >= 11 is 0. The van der Waals surface area contributed by atoms with E-state index < -0.39 is 16.4 Å². The zero-order valence-corrected chi connectivity index (χ0v) is 10.9. The van der Waals surface area contributed by atoms with Gasteiger partial charge in [0.1, 0.15) is 0 Å². The van der Waals surface area contributed by atoms with Crippen LogP contribution in [0, 0.1) is 0 Å². The zero-order valence-electron chi connectivity index (χ0n) is 10.1. The summed E-state index contributed by atoms with van der Waals surface area (Å²) < 4.78 is 23.4. The first-order valence-corrected chi connectivity index (χ1v) is 7.33. The fraction of sp³-hybridized carbons (Fsp3) is 0.455. The fourth-order valence-corrected chi connectivity index (χ4v) is 2.52. The second-order valence-corrected chi connectivity index (χ2v) is 5.97. The molecule has 1 aromatic rings. The first kappa shape index (κ1) is 14.7. The van der Waals surface area contributed by atoms with E-state index in [0.717, 1.165) is 6.42 Å². The highest BCUT2D eigenvalue weighted by molar-refractivity contribution is 7.91. The zero-order chi connectivity index (χ0) is 13.6. The standard InChI is InChI=1S/C11H19N3O3S/c12-4-1-5-14-11-3-2-9(8-10(11)13)18(16,17)7-6-15/h2-3,8,14-15H,1,4-7,12-13H2. The van der Waals surface area contributed by atoms with Crippen LogP contribution < -0.4 is 16.8 Å². The summed E-state index contributed by atoms with van der Waals surface area (Å²) in [6.45, 7) is 0.859. The summed E-state index contributed by atoms with van der Waals surface area (Å²) in [6, 6.07) is 4.50. The van der Waals surface area contributed by atoms with Crippen LogP contribution in [0.25, 0.3) is 0 Å². The van der Waals surface area contributed by atoms with Crippen LogP contribution in [0.3, 0.4) is 0 Å². The van der Waals surface area contributed by atoms with Gasteiger partial charge in [-0.25, -0.2) is 8.42 Å². The predicted molar refractivity (Wildman–Crippen MR) is 72.2 cm³/mol. The molecule has 0 amide bonds. The monoisotopic (exact) mass is 273 g/mol. The number of aliphatic hydroxyl groups is 1. The molecule has 0 atom stereocenters. The molecule has 7 heteroatoms. The Bertz CT molecular complexity index is 488. The number of anilines is 2. The molecular formula is C11H19N3O3S. The maximum Gasteiger partial charge on any atom is 0.180 e. The largest absolute Gasteiger partial charge is 0.397 e. The molecule has 0 saturated heterocycles. The van der Waals surface area contributed by atoms with Gasteiger partial charge in [0.15, 0.2) is 9.84 Å². The molecule has 0 unspecified atom stereocenters. The number of sulfone groups is 1. The molecule has 6 N–H and O–H groups in total. The molecule has 0 bridgehead atoms. The van der Waals surface area contributed by atoms with Crippen LogP contribution in [-0.4, -0.2) is 39.0 Å². The molecule has 6 nitrogen and oxygen atoms in total. The molecule has 102 valence electrons. The van der Waals surface area contributed by atoms with Gasteiger partial charge in [0, 0.05) is 6.54 Å². The molecule has 0 fully saturated rings. The Morgan fingerprint density at radius 1 is 1.33 bits per heavy atom. The van der Waals surface area contributed by atoms with Gasteiger partial charge in [-0.2, -0.15) is 0 Å². The van der Waals surface area contributed by atoms with Gasteiger partial charge in [0.25, 0.3) is 0 Å². The first-order chi connectivity index (χ1) is 8.51. The van der Waals surface area contributed by atoms with E-state index >= 15 is 0 Å². The minimum absolute atomic E-state index is 0.124. The number of rotatable bonds is 7. The average Bonchev–Trinajstić information content (AvgIpc) is 2.31. The molecule has 0 aromatic heterocycles. The lowest BCUT2D eigenvalue weighted by Gasteiger charge is -2.10. The van der Waals surface area contributed by atoms with Crippen molar-refractivity contribution < 1.29 is 13.5 Å². The summed E-state index contributed by atoms with van der Waals surface area (Å²) in [7, 11) is -3.45. The maximum atomic E-state index is 11.7. The van der Waals surface area contributed by atoms with Gasteiger partial charge in [-0.1, -0.05) is 0 Å². The third kappa shape index (κ3) is 3.86. The Morgan fingerprint density at radius 3 is 2.61 bits per heavy atom. The Balaban J connectivity index is 2.85. The molecule has 0 aliphatic carbocycles. The van der Waals surface area contributed by atoms with Crippen LogP contribution in [0.15, 0.2) is 23.1 Å². The van der Waals surface area contributed by atoms with Crippen molar-refractivity contribution in [2.24, 2.45) is 5.73 Å². The second kappa shape index (κ2) is 6.58. The molecule has 18 heavy (non-hydrogen) atoms. The normalized spacial score (nSPS) is 11.4. The first-order valence-electron chi connectivity index (χ1n) is 5.68. The maximum absolute atomic E-state index is 11.7. The topological polar surface area (TPSA) is 118 Å². The van der Waals surface area contributed by atoms with Crippen molar-refractivity contribution in [2.45, 2.75) is 11.3 Å². The Kier molecular flexibility index (Phi) is 5.39. The molecular weight excluding hydrogens is 254 g/mol. The highest BCUT2D eigenvalue weighted by Crippen LogP contribution is 2.23. The third-order valence-electron chi connectivity index (χ3n) is 2.44. The Labute approximate surface area is 107 Å². The van der Waals surface area contributed by atoms with E-state index in [1.54, 1.807) is 6.07 Å². The minimum Gasteiger partial charge on any atom is -0.397 e. The number of hydrogen-bond acceptors (Lipinski definition) is 6. The molecule has 0 aliphatic rings. The van der Waals surface area contributed by atoms with Crippen molar-refractivity contribution in [3.05, 3.63) is 18.2 Å². The smallest absolute Gasteiger partial charge is 0.180 e. The summed E-state index contributed by atoms with van der Waals surface area (Å²) in [5.41, 5.74) is 12.2. The van der Waals surface area contributed by atoms with Gasteiger partial charge in [-0.15, -0.1) is 0 Å². The summed E-state index contributed by atoms with van der Waals surface area (Å²) in [5.74, 6) is -0.299. The molecule has 0 aliphatic heterocycles. The quantitative estimate of drug-likeness (QED) is 0.403. The highest BCUT2D eigenvalue weighted by Gasteiger charge is 2.14. The minimum atomic E-state index is -3.45. The van der Waals surface area contributed by atoms with E-state index in [4.69, 9.17) is 16.6 Å².